The lowest BCUT2D eigenvalue weighted by molar-refractivity contribution is 0.173. The number of nitrogens with zero attached hydrogens (tertiary/aromatic N) is 1. The Morgan fingerprint density at radius 2 is 2.06 bits per heavy atom. The molecule has 0 aromatic rings. The van der Waals surface area contributed by atoms with Crippen LogP contribution >= 0.6 is 11.8 Å². The first-order valence-corrected chi connectivity index (χ1v) is 7.49. The molecule has 0 spiro atoms. The lowest BCUT2D eigenvalue weighted by Crippen LogP contribution is -2.48. The quantitative estimate of drug-likeness (QED) is 0.817. The van der Waals surface area contributed by atoms with Crippen molar-refractivity contribution in [1.82, 2.24) is 5.32 Å². The Bertz CT molecular complexity index is 284. The third-order valence-corrected chi connectivity index (χ3v) is 5.16. The van der Waals surface area contributed by atoms with Crippen LogP contribution in [0.15, 0.2) is 4.99 Å². The molecular weight excluding hydrogens is 216 g/mol. The summed E-state index contributed by atoms with van der Waals surface area (Å²) in [7, 11) is 0. The van der Waals surface area contributed by atoms with Crippen molar-refractivity contribution in [2.45, 2.75) is 58.4 Å². The second-order valence-corrected chi connectivity index (χ2v) is 7.01. The molecule has 2 rings (SSSR count). The van der Waals surface area contributed by atoms with E-state index in [2.05, 4.69) is 26.1 Å². The van der Waals surface area contributed by atoms with Gasteiger partial charge in [0.25, 0.3) is 0 Å². The van der Waals surface area contributed by atoms with Crippen LogP contribution in [0.25, 0.3) is 0 Å². The SMILES string of the molecule is CCC1(C)CCSC(=NCC2(C)CCC2)N1. The first-order chi connectivity index (χ1) is 7.55. The first kappa shape index (κ1) is 12.3. The highest BCUT2D eigenvalue weighted by Gasteiger charge is 2.32. The van der Waals surface area contributed by atoms with Crippen molar-refractivity contribution in [3.63, 3.8) is 0 Å². The Morgan fingerprint density at radius 3 is 2.62 bits per heavy atom. The van der Waals surface area contributed by atoms with Crippen LogP contribution in [-0.2, 0) is 0 Å². The van der Waals surface area contributed by atoms with Gasteiger partial charge in [0, 0.05) is 17.8 Å². The number of thioether (sulfide) groups is 1. The second-order valence-electron chi connectivity index (χ2n) is 5.92. The Kier molecular flexibility index (Phi) is 3.53. The van der Waals surface area contributed by atoms with E-state index >= 15 is 0 Å². The van der Waals surface area contributed by atoms with Crippen molar-refractivity contribution >= 4 is 16.9 Å². The minimum absolute atomic E-state index is 0.282. The zero-order valence-electron chi connectivity index (χ0n) is 10.8. The Hall–Kier alpha value is -0.180. The van der Waals surface area contributed by atoms with Gasteiger partial charge in [0.2, 0.25) is 0 Å². The van der Waals surface area contributed by atoms with Crippen LogP contribution in [0.5, 0.6) is 0 Å². The van der Waals surface area contributed by atoms with E-state index < -0.39 is 0 Å². The van der Waals surface area contributed by atoms with Gasteiger partial charge in [-0.15, -0.1) is 0 Å². The molecule has 1 aliphatic carbocycles. The lowest BCUT2D eigenvalue weighted by Gasteiger charge is -2.38. The van der Waals surface area contributed by atoms with Crippen molar-refractivity contribution in [2.24, 2.45) is 10.4 Å². The van der Waals surface area contributed by atoms with Gasteiger partial charge in [0.05, 0.1) is 0 Å². The van der Waals surface area contributed by atoms with Crippen molar-refractivity contribution in [3.05, 3.63) is 0 Å². The molecule has 1 N–H and O–H groups in total. The van der Waals surface area contributed by atoms with Gasteiger partial charge in [0.1, 0.15) is 0 Å². The molecule has 2 fully saturated rings. The van der Waals surface area contributed by atoms with Gasteiger partial charge in [-0.2, -0.15) is 0 Å². The molecule has 1 saturated heterocycles. The van der Waals surface area contributed by atoms with Crippen LogP contribution in [0.1, 0.15) is 52.9 Å². The molecule has 2 aliphatic rings. The van der Waals surface area contributed by atoms with E-state index in [0.717, 1.165) is 6.54 Å². The summed E-state index contributed by atoms with van der Waals surface area (Å²) in [6, 6.07) is 0. The molecule has 1 heterocycles. The summed E-state index contributed by atoms with van der Waals surface area (Å²) < 4.78 is 0. The summed E-state index contributed by atoms with van der Waals surface area (Å²) in [6.45, 7) is 7.95. The lowest BCUT2D eigenvalue weighted by atomic mass is 9.71. The number of hydrogen-bond donors (Lipinski definition) is 1. The number of nitrogens with one attached hydrogen (secondary N) is 1. The molecule has 1 atom stereocenters. The van der Waals surface area contributed by atoms with Crippen LogP contribution in [0.2, 0.25) is 0 Å². The number of hydrogen-bond acceptors (Lipinski definition) is 2. The van der Waals surface area contributed by atoms with Crippen molar-refractivity contribution in [1.29, 1.82) is 0 Å². The Morgan fingerprint density at radius 1 is 1.31 bits per heavy atom. The van der Waals surface area contributed by atoms with E-state index in [1.807, 2.05) is 11.8 Å². The maximum Gasteiger partial charge on any atom is 0.156 e. The van der Waals surface area contributed by atoms with E-state index in [0.29, 0.717) is 5.41 Å². The van der Waals surface area contributed by atoms with Gasteiger partial charge in [0.15, 0.2) is 5.17 Å². The molecule has 2 nitrogen and oxygen atoms in total. The zero-order chi connectivity index (χ0) is 11.6. The van der Waals surface area contributed by atoms with Crippen LogP contribution in [-0.4, -0.2) is 23.0 Å². The summed E-state index contributed by atoms with van der Waals surface area (Å²) in [5.74, 6) is 1.22. The minimum Gasteiger partial charge on any atom is -0.360 e. The monoisotopic (exact) mass is 240 g/mol. The van der Waals surface area contributed by atoms with Crippen molar-refractivity contribution < 1.29 is 0 Å². The van der Waals surface area contributed by atoms with Crippen molar-refractivity contribution in [3.8, 4) is 0 Å². The van der Waals surface area contributed by atoms with Gasteiger partial charge in [-0.1, -0.05) is 32.0 Å². The van der Waals surface area contributed by atoms with E-state index in [9.17, 15) is 0 Å². The molecule has 1 unspecified atom stereocenters. The summed E-state index contributed by atoms with van der Waals surface area (Å²) in [4.78, 5) is 4.79. The highest BCUT2D eigenvalue weighted by atomic mass is 32.2. The fraction of sp³-hybridized carbons (Fsp3) is 0.923. The van der Waals surface area contributed by atoms with Gasteiger partial charge in [-0.3, -0.25) is 4.99 Å². The molecule has 1 saturated carbocycles. The average Bonchev–Trinajstić information content (AvgIpc) is 2.24. The fourth-order valence-electron chi connectivity index (χ4n) is 2.28. The smallest absolute Gasteiger partial charge is 0.156 e. The van der Waals surface area contributed by atoms with Crippen LogP contribution < -0.4 is 5.32 Å². The minimum atomic E-state index is 0.282. The topological polar surface area (TPSA) is 24.4 Å². The molecule has 0 aromatic carbocycles. The maximum absolute atomic E-state index is 4.79. The molecule has 0 amide bonds. The third-order valence-electron chi connectivity index (χ3n) is 4.25. The second kappa shape index (κ2) is 4.59. The highest BCUT2D eigenvalue weighted by molar-refractivity contribution is 8.13. The van der Waals surface area contributed by atoms with E-state index in [4.69, 9.17) is 4.99 Å². The molecular formula is C13H24N2S. The fourth-order valence-corrected chi connectivity index (χ4v) is 3.50. The third kappa shape index (κ3) is 2.73. The Labute approximate surface area is 104 Å². The molecule has 16 heavy (non-hydrogen) atoms. The van der Waals surface area contributed by atoms with Gasteiger partial charge in [-0.25, -0.2) is 0 Å². The van der Waals surface area contributed by atoms with Crippen molar-refractivity contribution in [2.75, 3.05) is 12.3 Å². The van der Waals surface area contributed by atoms with E-state index in [-0.39, 0.29) is 5.54 Å². The van der Waals surface area contributed by atoms with E-state index in [1.54, 1.807) is 0 Å². The molecule has 0 aromatic heterocycles. The summed E-state index contributed by atoms with van der Waals surface area (Å²) in [5, 5.41) is 4.80. The number of amidine groups is 1. The van der Waals surface area contributed by atoms with Gasteiger partial charge < -0.3 is 5.32 Å². The summed E-state index contributed by atoms with van der Waals surface area (Å²) in [6.07, 6.45) is 6.56. The first-order valence-electron chi connectivity index (χ1n) is 6.51. The molecule has 3 heteroatoms. The Balaban J connectivity index is 1.91. The summed E-state index contributed by atoms with van der Waals surface area (Å²) >= 11 is 1.90. The molecule has 92 valence electrons. The standard InChI is InChI=1S/C13H24N2S/c1-4-13(3)8-9-16-11(15-13)14-10-12(2)6-5-7-12/h4-10H2,1-3H3,(H,14,15). The molecule has 0 radical (unpaired) electrons. The summed E-state index contributed by atoms with van der Waals surface area (Å²) in [5.41, 5.74) is 0.792. The molecule has 0 bridgehead atoms. The maximum atomic E-state index is 4.79. The van der Waals surface area contributed by atoms with Crippen LogP contribution in [0, 0.1) is 5.41 Å². The van der Waals surface area contributed by atoms with Crippen LogP contribution in [0.3, 0.4) is 0 Å². The van der Waals surface area contributed by atoms with Gasteiger partial charge >= 0.3 is 0 Å². The van der Waals surface area contributed by atoms with Crippen LogP contribution in [0.4, 0.5) is 0 Å². The predicted molar refractivity (Wildman–Crippen MR) is 73.2 cm³/mol. The van der Waals surface area contributed by atoms with Gasteiger partial charge in [-0.05, 0) is 38.0 Å². The van der Waals surface area contributed by atoms with E-state index in [1.165, 1.54) is 43.0 Å². The molecule has 1 aliphatic heterocycles. The largest absolute Gasteiger partial charge is 0.360 e. The normalized spacial score (nSPS) is 35.6. The number of rotatable bonds is 3. The average molecular weight is 240 g/mol. The zero-order valence-corrected chi connectivity index (χ0v) is 11.6. The predicted octanol–water partition coefficient (Wildman–Crippen LogP) is 3.43. The highest BCUT2D eigenvalue weighted by Crippen LogP contribution is 2.40. The number of aliphatic imine (C=N–C) groups is 1.